The quantitative estimate of drug-likeness (QED) is 0.851. The van der Waals surface area contributed by atoms with E-state index in [0.717, 1.165) is 36.4 Å². The van der Waals surface area contributed by atoms with Crippen LogP contribution in [0.1, 0.15) is 0 Å². The number of sulfone groups is 1. The number of benzene rings is 1. The first-order chi connectivity index (χ1) is 9.62. The Morgan fingerprint density at radius 3 is 2.00 bits per heavy atom. The number of halogens is 2. The molecule has 0 fully saturated rings. The number of rotatable bonds is 3. The Balaban J connectivity index is 2.39. The van der Waals surface area contributed by atoms with Gasteiger partial charge in [-0.05, 0) is 36.4 Å². The van der Waals surface area contributed by atoms with Gasteiger partial charge in [-0.2, -0.15) is 8.42 Å². The summed E-state index contributed by atoms with van der Waals surface area (Å²) >= 11 is 0. The van der Waals surface area contributed by atoms with Crippen LogP contribution >= 0.6 is 0 Å². The van der Waals surface area contributed by atoms with Crippen molar-refractivity contribution in [2.24, 2.45) is 0 Å². The van der Waals surface area contributed by atoms with Crippen molar-refractivity contribution < 1.29 is 30.2 Å². The summed E-state index contributed by atoms with van der Waals surface area (Å²) in [5, 5.41) is -1.59. The van der Waals surface area contributed by atoms with Crippen LogP contribution in [-0.2, 0) is 20.0 Å². The Labute approximate surface area is 120 Å². The van der Waals surface area contributed by atoms with E-state index in [0.29, 0.717) is 6.08 Å². The van der Waals surface area contributed by atoms with Gasteiger partial charge >= 0.3 is 0 Å². The molecule has 2 rings (SSSR count). The second kappa shape index (κ2) is 5.32. The molecule has 0 spiro atoms. The minimum Gasteiger partial charge on any atom is -0.282 e. The topological polar surface area (TPSA) is 88.5 Å². The lowest BCUT2D eigenvalue weighted by Crippen LogP contribution is -2.30. The molecular formula is C12H10F2O5S2. The molecule has 0 saturated heterocycles. The molecule has 0 aliphatic heterocycles. The highest BCUT2D eigenvalue weighted by Crippen LogP contribution is 2.27. The monoisotopic (exact) mass is 336 g/mol. The minimum absolute atomic E-state index is 0.331. The van der Waals surface area contributed by atoms with Crippen LogP contribution in [0.2, 0.25) is 0 Å². The van der Waals surface area contributed by atoms with Crippen molar-refractivity contribution in [3.05, 3.63) is 48.3 Å². The van der Waals surface area contributed by atoms with Gasteiger partial charge in [0, 0.05) is 0 Å². The first-order valence-corrected chi connectivity index (χ1v) is 8.62. The van der Waals surface area contributed by atoms with Gasteiger partial charge in [-0.15, -0.1) is 0 Å². The number of hydrogen-bond donors (Lipinski definition) is 1. The first-order valence-electron chi connectivity index (χ1n) is 5.63. The Morgan fingerprint density at radius 2 is 1.52 bits per heavy atom. The molecule has 1 aromatic rings. The summed E-state index contributed by atoms with van der Waals surface area (Å²) in [6.45, 7) is 0. The third-order valence-electron chi connectivity index (χ3n) is 2.89. The Morgan fingerprint density at radius 1 is 1.00 bits per heavy atom. The van der Waals surface area contributed by atoms with Gasteiger partial charge in [0.25, 0.3) is 10.1 Å². The summed E-state index contributed by atoms with van der Waals surface area (Å²) < 4.78 is 81.5. The zero-order chi connectivity index (χ0) is 15.8. The van der Waals surface area contributed by atoms with Crippen LogP contribution in [0.15, 0.2) is 58.1 Å². The Kier molecular flexibility index (Phi) is 4.00. The highest BCUT2D eigenvalue weighted by atomic mass is 32.2. The highest BCUT2D eigenvalue weighted by molar-refractivity contribution is 7.92. The molecule has 0 radical (unpaired) electrons. The van der Waals surface area contributed by atoms with Crippen molar-refractivity contribution in [2.45, 2.75) is 21.2 Å². The van der Waals surface area contributed by atoms with E-state index in [1.54, 1.807) is 0 Å². The molecule has 0 saturated carbocycles. The van der Waals surface area contributed by atoms with Gasteiger partial charge in [-0.25, -0.2) is 17.2 Å². The lowest BCUT2D eigenvalue weighted by molar-refractivity contribution is 0.390. The summed E-state index contributed by atoms with van der Waals surface area (Å²) in [4.78, 5) is -0.814. The molecule has 9 heteroatoms. The van der Waals surface area contributed by atoms with Crippen molar-refractivity contribution in [1.82, 2.24) is 0 Å². The molecule has 0 amide bonds. The van der Waals surface area contributed by atoms with Crippen LogP contribution in [-0.4, -0.2) is 32.8 Å². The van der Waals surface area contributed by atoms with E-state index in [1.165, 1.54) is 0 Å². The maximum atomic E-state index is 13.7. The van der Waals surface area contributed by atoms with E-state index in [2.05, 4.69) is 0 Å². The summed E-state index contributed by atoms with van der Waals surface area (Å²) in [5.41, 5.74) is 0. The maximum absolute atomic E-state index is 13.7. The lowest BCUT2D eigenvalue weighted by atomic mass is 10.1. The molecule has 1 aliphatic carbocycles. The van der Waals surface area contributed by atoms with Crippen LogP contribution in [0.4, 0.5) is 8.78 Å². The first kappa shape index (κ1) is 15.8. The maximum Gasteiger partial charge on any atom is 0.294 e. The van der Waals surface area contributed by atoms with Crippen LogP contribution in [0.5, 0.6) is 0 Å². The smallest absolute Gasteiger partial charge is 0.282 e. The van der Waals surface area contributed by atoms with Crippen LogP contribution in [0.3, 0.4) is 0 Å². The number of allylic oxidation sites excluding steroid dienone is 3. The molecule has 0 heterocycles. The van der Waals surface area contributed by atoms with Gasteiger partial charge in [0.15, 0.2) is 9.84 Å². The molecule has 0 aromatic heterocycles. The summed E-state index contributed by atoms with van der Waals surface area (Å²) in [5.74, 6) is -0.865. The zero-order valence-corrected chi connectivity index (χ0v) is 12.0. The second-order valence-electron chi connectivity index (χ2n) is 4.31. The third-order valence-corrected chi connectivity index (χ3v) is 5.82. The van der Waals surface area contributed by atoms with Crippen molar-refractivity contribution >= 4 is 20.0 Å². The molecule has 21 heavy (non-hydrogen) atoms. The van der Waals surface area contributed by atoms with Gasteiger partial charge < -0.3 is 0 Å². The molecule has 2 unspecified atom stereocenters. The summed E-state index contributed by atoms with van der Waals surface area (Å²) in [6.07, 6.45) is 0.257. The standard InChI is InChI=1S/C12H10F2O5S2/c13-8-1-6-12(11(14)7-8)20(15,16)9-2-4-10(5-3-9)21(17,18)19/h1-7,11-12H,(H,17,18,19). The fourth-order valence-electron chi connectivity index (χ4n) is 1.83. The number of hydrogen-bond acceptors (Lipinski definition) is 4. The molecule has 1 aliphatic rings. The average Bonchev–Trinajstić information content (AvgIpc) is 2.37. The normalized spacial score (nSPS) is 22.9. The molecule has 1 N–H and O–H groups in total. The highest BCUT2D eigenvalue weighted by Gasteiger charge is 2.34. The fraction of sp³-hybridized carbons (Fsp3) is 0.167. The van der Waals surface area contributed by atoms with Crippen LogP contribution in [0, 0.1) is 0 Å². The Hall–Kier alpha value is -1.58. The molecule has 114 valence electrons. The number of alkyl halides is 1. The predicted octanol–water partition coefficient (Wildman–Crippen LogP) is 1.84. The molecular weight excluding hydrogens is 326 g/mol. The lowest BCUT2D eigenvalue weighted by Gasteiger charge is -2.18. The molecule has 2 atom stereocenters. The SMILES string of the molecule is O=S(=O)(O)c1ccc(S(=O)(=O)C2C=CC(F)=CC2F)cc1. The largest absolute Gasteiger partial charge is 0.294 e. The van der Waals surface area contributed by atoms with E-state index >= 15 is 0 Å². The van der Waals surface area contributed by atoms with Crippen molar-refractivity contribution in [2.75, 3.05) is 0 Å². The minimum atomic E-state index is -4.45. The van der Waals surface area contributed by atoms with E-state index < -0.39 is 42.1 Å². The van der Waals surface area contributed by atoms with Gasteiger partial charge in [-0.3, -0.25) is 4.55 Å². The molecule has 1 aromatic carbocycles. The van der Waals surface area contributed by atoms with E-state index in [1.807, 2.05) is 0 Å². The van der Waals surface area contributed by atoms with Gasteiger partial charge in [0.2, 0.25) is 0 Å². The Bertz CT molecular complexity index is 808. The van der Waals surface area contributed by atoms with Crippen LogP contribution in [0.25, 0.3) is 0 Å². The third kappa shape index (κ3) is 3.20. The van der Waals surface area contributed by atoms with Crippen molar-refractivity contribution in [3.63, 3.8) is 0 Å². The van der Waals surface area contributed by atoms with Crippen molar-refractivity contribution in [1.29, 1.82) is 0 Å². The second-order valence-corrected chi connectivity index (χ2v) is 7.84. The predicted molar refractivity (Wildman–Crippen MR) is 70.5 cm³/mol. The van der Waals surface area contributed by atoms with Gasteiger partial charge in [-0.1, -0.05) is 6.08 Å². The van der Waals surface area contributed by atoms with E-state index in [-0.39, 0.29) is 4.90 Å². The van der Waals surface area contributed by atoms with Gasteiger partial charge in [0.1, 0.15) is 17.2 Å². The molecule has 5 nitrogen and oxygen atoms in total. The molecule has 0 bridgehead atoms. The fourth-order valence-corrected chi connectivity index (χ4v) is 3.84. The van der Waals surface area contributed by atoms with Crippen LogP contribution < -0.4 is 0 Å². The van der Waals surface area contributed by atoms with Crippen molar-refractivity contribution in [3.8, 4) is 0 Å². The summed E-state index contributed by atoms with van der Waals surface area (Å²) in [6, 6.07) is 3.65. The zero-order valence-electron chi connectivity index (χ0n) is 10.3. The van der Waals surface area contributed by atoms with E-state index in [9.17, 15) is 25.6 Å². The summed E-state index contributed by atoms with van der Waals surface area (Å²) in [7, 11) is -8.60. The van der Waals surface area contributed by atoms with Gasteiger partial charge in [0.05, 0.1) is 9.79 Å². The van der Waals surface area contributed by atoms with E-state index in [4.69, 9.17) is 4.55 Å². The average molecular weight is 336 g/mol.